The highest BCUT2D eigenvalue weighted by Gasteiger charge is 2.32. The number of benzene rings is 2. The van der Waals surface area contributed by atoms with Gasteiger partial charge < -0.3 is 58.2 Å². The molecule has 0 aliphatic carbocycles. The average Bonchev–Trinajstić information content (AvgIpc) is 1.97. The molecule has 1 heterocycles. The Morgan fingerprint density at radius 3 is 1.52 bits per heavy atom. The fraction of sp³-hybridized carbons (Fsp3) is 0.588. The van der Waals surface area contributed by atoms with Gasteiger partial charge in [0.1, 0.15) is 25.5 Å². The number of nitrogens with zero attached hydrogens (tertiary/aromatic N) is 1. The molecule has 0 radical (unpaired) electrons. The molecule has 1 aliphatic heterocycles. The zero-order valence-corrected chi connectivity index (χ0v) is 59.0. The van der Waals surface area contributed by atoms with Crippen molar-refractivity contribution < 1.29 is 76.6 Å². The Balaban J connectivity index is 0.000000654. The zero-order valence-electron chi connectivity index (χ0n) is 56.8. The number of halogens is 1. The molecule has 11 amide bonds. The summed E-state index contributed by atoms with van der Waals surface area (Å²) in [7, 11) is 0. The van der Waals surface area contributed by atoms with Crippen LogP contribution in [0.3, 0.4) is 0 Å². The van der Waals surface area contributed by atoms with Gasteiger partial charge in [-0.2, -0.15) is 0 Å². The van der Waals surface area contributed by atoms with Crippen molar-refractivity contribution in [3.63, 3.8) is 0 Å². The molecule has 1 unspecified atom stereocenters. The van der Waals surface area contributed by atoms with E-state index in [0.29, 0.717) is 80.1 Å². The van der Waals surface area contributed by atoms with Gasteiger partial charge in [0, 0.05) is 88.0 Å². The summed E-state index contributed by atoms with van der Waals surface area (Å²) < 4.78 is 11.1. The third-order valence-corrected chi connectivity index (χ3v) is 15.7. The minimum Gasteiger partial charge on any atom is -0.460 e. The first-order chi connectivity index (χ1) is 44.6. The van der Waals surface area contributed by atoms with Crippen molar-refractivity contribution in [2.45, 2.75) is 184 Å². The number of imide groups is 1. The Bertz CT molecular complexity index is 2940. The first-order valence-electron chi connectivity index (χ1n) is 32.3. The molecule has 2 aromatic rings. The molecule has 0 saturated heterocycles. The predicted molar refractivity (Wildman–Crippen MR) is 365 cm³/mol. The van der Waals surface area contributed by atoms with Gasteiger partial charge in [0.05, 0.1) is 27.3 Å². The maximum absolute atomic E-state index is 13.5. The van der Waals surface area contributed by atoms with E-state index in [2.05, 4.69) is 37.2 Å². The van der Waals surface area contributed by atoms with Crippen molar-refractivity contribution >= 4 is 111 Å². The van der Waals surface area contributed by atoms with E-state index < -0.39 is 70.4 Å². The summed E-state index contributed by atoms with van der Waals surface area (Å²) in [5.41, 5.74) is 11.8. The van der Waals surface area contributed by atoms with Crippen molar-refractivity contribution in [1.82, 2.24) is 36.8 Å². The number of ether oxygens (including phenoxy) is 2. The van der Waals surface area contributed by atoms with E-state index >= 15 is 0 Å². The lowest BCUT2D eigenvalue weighted by molar-refractivity contribution is -0.155. The van der Waals surface area contributed by atoms with E-state index in [4.69, 9.17) is 20.9 Å². The Morgan fingerprint density at radius 2 is 1.01 bits per heavy atom. The highest BCUT2D eigenvalue weighted by Crippen LogP contribution is 2.23. The predicted octanol–water partition coefficient (Wildman–Crippen LogP) is 6.25. The molecule has 1 aliphatic rings. The topological polar surface area (TPSA) is 397 Å². The molecule has 0 fully saturated rings. The second kappa shape index (κ2) is 43.1. The number of nitrogens with one attached hydrogen (secondary N) is 7. The van der Waals surface area contributed by atoms with Crippen LogP contribution in [0, 0.1) is 34.5 Å². The van der Waals surface area contributed by atoms with Crippen molar-refractivity contribution in [3.05, 3.63) is 77.4 Å². The molecule has 27 heteroatoms. The lowest BCUT2D eigenvalue weighted by atomic mass is 9.88. The van der Waals surface area contributed by atoms with Gasteiger partial charge in [-0.15, -0.1) is 0 Å². The highest BCUT2D eigenvalue weighted by molar-refractivity contribution is 14.1. The maximum Gasteiger partial charge on any atom is 0.312 e. The van der Waals surface area contributed by atoms with Crippen molar-refractivity contribution in [3.8, 4) is 0 Å². The van der Waals surface area contributed by atoms with Crippen LogP contribution < -0.4 is 48.7 Å². The van der Waals surface area contributed by atoms with Crippen LogP contribution in [0.25, 0.3) is 0 Å². The summed E-state index contributed by atoms with van der Waals surface area (Å²) in [5.74, 6) is -5.56. The number of carbonyl (C=O) groups excluding carboxylic acids is 14. The molecule has 0 aromatic heterocycles. The van der Waals surface area contributed by atoms with E-state index in [1.54, 1.807) is 90.1 Å². The van der Waals surface area contributed by atoms with E-state index in [1.165, 1.54) is 0 Å². The molecule has 4 atom stereocenters. The Labute approximate surface area is 571 Å². The van der Waals surface area contributed by atoms with Gasteiger partial charge in [-0.3, -0.25) is 62.4 Å². The van der Waals surface area contributed by atoms with E-state index in [0.717, 1.165) is 28.2 Å². The van der Waals surface area contributed by atoms with Gasteiger partial charge in [-0.25, -0.2) is 9.59 Å². The summed E-state index contributed by atoms with van der Waals surface area (Å²) in [6.07, 6.45) is 6.99. The summed E-state index contributed by atoms with van der Waals surface area (Å²) in [5, 5.41) is 18.9. The molecule has 3 rings (SSSR count). The molecular formula is C68H101IN10O16. The maximum atomic E-state index is 13.5. The molecule has 26 nitrogen and oxygen atoms in total. The van der Waals surface area contributed by atoms with Gasteiger partial charge >= 0.3 is 24.0 Å². The number of esters is 2. The molecular weight excluding hydrogens is 1340 g/mol. The number of carbonyl (C=O) groups is 14. The number of nitrogens with two attached hydrogens (primary N) is 2. The fourth-order valence-corrected chi connectivity index (χ4v) is 9.54. The fourth-order valence-electron chi connectivity index (χ4n) is 9.27. The van der Waals surface area contributed by atoms with Crippen LogP contribution in [0.15, 0.2) is 60.7 Å². The van der Waals surface area contributed by atoms with Gasteiger partial charge in [0.25, 0.3) is 11.8 Å². The number of hydrogen-bond acceptors (Lipinski definition) is 16. The SMILES string of the molecule is CC(C)C(NC(=O)CCCCNC(=O)CI)C(=O)C[C@@H](CCCNC(N)=O)C(=O)Nc1ccc(COC(=O)C(C)(C)C)cc1.CC(C)[C@H](CC(=O)CCCCCNC(=O)CN1C(=O)C=CC1=O)C(=O)N[C@@H](CCCNC(N)=O)C(=O)Cc1ccc(COC(=O)C(C)(C)C)cc1. The van der Waals surface area contributed by atoms with Crippen molar-refractivity contribution in [2.24, 2.45) is 46.0 Å². The molecule has 95 heavy (non-hydrogen) atoms. The highest BCUT2D eigenvalue weighted by atomic mass is 127. The monoisotopic (exact) mass is 1440 g/mol. The normalized spacial score (nSPS) is 13.3. The number of urea groups is 2. The first kappa shape index (κ1) is 83.0. The van der Waals surface area contributed by atoms with Crippen molar-refractivity contribution in [2.75, 3.05) is 42.5 Å². The third kappa shape index (κ3) is 34.7. The molecule has 0 bridgehead atoms. The van der Waals surface area contributed by atoms with E-state index in [1.807, 2.05) is 50.3 Å². The number of amides is 11. The summed E-state index contributed by atoms with van der Waals surface area (Å²) in [4.78, 5) is 173. The minimum absolute atomic E-state index is 0.0115. The van der Waals surface area contributed by atoms with Crippen LogP contribution in [0.5, 0.6) is 0 Å². The number of unbranched alkanes of at least 4 members (excludes halogenated alkanes) is 3. The number of ketones is 3. The summed E-state index contributed by atoms with van der Waals surface area (Å²) in [6.45, 7) is 19.1. The number of Topliss-reactive ketones (excluding diaryl/α,β-unsaturated/α-hetero) is 3. The van der Waals surface area contributed by atoms with Gasteiger partial charge in [0.2, 0.25) is 29.5 Å². The standard InChI is InChI=1S/C37H53N5O9.C31H48IN5O7/c1-24(2)28(21-27(43)10-7-6-8-18-39-31(45)22-42-32(46)16-17-33(42)47)34(48)41-29(11-9-19-40-36(38)50)30(44)20-25-12-14-26(15-13-25)23-51-35(49)37(3,4)5;1-20(2)27(37-25(39)10-6-7-15-34-26(40)18-32)24(38)17-22(9-8-16-35-30(33)43)28(41)36-23-13-11-21(12-14-23)19-44-29(42)31(3,4)5/h12-17,24,28-29H,6-11,18-23H2,1-5H3,(H,39,45)(H,41,48)(H3,38,40,50);11-14,20,22,27H,6-10,15-19H2,1-5H3,(H,34,40)(H,36,41)(H,37,39)(H3,33,35,43)/t28-,29-;22-,27?/m01/s1. The van der Waals surface area contributed by atoms with E-state index in [-0.39, 0.29) is 130 Å². The van der Waals surface area contributed by atoms with Crippen LogP contribution in [0.2, 0.25) is 0 Å². The van der Waals surface area contributed by atoms with Crippen LogP contribution in [0.1, 0.15) is 169 Å². The number of anilines is 1. The average molecular weight is 1440 g/mol. The Kier molecular flexibility index (Phi) is 37.6. The number of hydrogen-bond donors (Lipinski definition) is 9. The lowest BCUT2D eigenvalue weighted by Crippen LogP contribution is -2.46. The molecule has 11 N–H and O–H groups in total. The largest absolute Gasteiger partial charge is 0.460 e. The number of rotatable bonds is 41. The summed E-state index contributed by atoms with van der Waals surface area (Å²) >= 11 is 1.98. The quantitative estimate of drug-likeness (QED) is 0.0117. The van der Waals surface area contributed by atoms with Crippen LogP contribution in [0.4, 0.5) is 15.3 Å². The van der Waals surface area contributed by atoms with Crippen LogP contribution in [-0.2, 0) is 86.6 Å². The molecule has 0 saturated carbocycles. The van der Waals surface area contributed by atoms with Crippen LogP contribution in [-0.4, -0.2) is 137 Å². The van der Waals surface area contributed by atoms with Crippen LogP contribution >= 0.6 is 22.6 Å². The molecule has 2 aromatic carbocycles. The first-order valence-corrected chi connectivity index (χ1v) is 33.8. The van der Waals surface area contributed by atoms with E-state index in [9.17, 15) is 67.1 Å². The van der Waals surface area contributed by atoms with Gasteiger partial charge in [-0.1, -0.05) is 93.1 Å². The van der Waals surface area contributed by atoms with Gasteiger partial charge in [0.15, 0.2) is 11.6 Å². The number of primary amides is 2. The molecule has 526 valence electrons. The lowest BCUT2D eigenvalue weighted by Gasteiger charge is -2.24. The minimum atomic E-state index is -0.857. The number of alkyl halides is 1. The summed E-state index contributed by atoms with van der Waals surface area (Å²) in [6, 6.07) is 11.0. The second-order valence-corrected chi connectivity index (χ2v) is 26.9. The second-order valence-electron chi connectivity index (χ2n) is 26.2. The van der Waals surface area contributed by atoms with Gasteiger partial charge in [-0.05, 0) is 134 Å². The smallest absolute Gasteiger partial charge is 0.312 e. The Morgan fingerprint density at radius 1 is 0.526 bits per heavy atom. The third-order valence-electron chi connectivity index (χ3n) is 15.0. The van der Waals surface area contributed by atoms with Crippen molar-refractivity contribution in [1.29, 1.82) is 0 Å². The molecule has 0 spiro atoms. The zero-order chi connectivity index (χ0) is 71.4. The Hall–Kier alpha value is -8.11.